The lowest BCUT2D eigenvalue weighted by atomic mass is 10.1. The van der Waals surface area contributed by atoms with Crippen LogP contribution in [0.25, 0.3) is 0 Å². The van der Waals surface area contributed by atoms with Crippen molar-refractivity contribution in [3.05, 3.63) is 42.5 Å². The second-order valence-electron chi connectivity index (χ2n) is 7.19. The van der Waals surface area contributed by atoms with Crippen molar-refractivity contribution in [1.29, 1.82) is 0 Å². The summed E-state index contributed by atoms with van der Waals surface area (Å²) in [5.74, 6) is 1.58. The van der Waals surface area contributed by atoms with Crippen LogP contribution in [0.2, 0.25) is 0 Å². The minimum atomic E-state index is -0.319. The molecule has 4 rings (SSSR count). The molecule has 2 aromatic rings. The van der Waals surface area contributed by atoms with E-state index in [1.165, 1.54) is 31.4 Å². The molecule has 148 valence electrons. The number of nitrogens with zero attached hydrogens (tertiary/aromatic N) is 5. The zero-order valence-electron chi connectivity index (χ0n) is 15.9. The van der Waals surface area contributed by atoms with E-state index in [1.807, 2.05) is 0 Å². The van der Waals surface area contributed by atoms with Crippen LogP contribution < -0.4 is 15.1 Å². The fourth-order valence-electron chi connectivity index (χ4n) is 3.68. The highest BCUT2D eigenvalue weighted by Gasteiger charge is 2.23. The van der Waals surface area contributed by atoms with Gasteiger partial charge >= 0.3 is 6.03 Å². The van der Waals surface area contributed by atoms with Crippen LogP contribution >= 0.6 is 0 Å². The third-order valence-corrected chi connectivity index (χ3v) is 5.30. The Bertz CT molecular complexity index is 801. The number of piperazine rings is 1. The van der Waals surface area contributed by atoms with Crippen molar-refractivity contribution in [3.8, 4) is 0 Å². The van der Waals surface area contributed by atoms with E-state index in [0.29, 0.717) is 31.9 Å². The number of nitrogens with one attached hydrogen (secondary N) is 1. The van der Waals surface area contributed by atoms with Gasteiger partial charge in [0, 0.05) is 51.0 Å². The highest BCUT2D eigenvalue weighted by atomic mass is 19.1. The molecule has 7 nitrogen and oxygen atoms in total. The molecular formula is C20H25FN6O. The Balaban J connectivity index is 1.33. The first kappa shape index (κ1) is 18.5. The van der Waals surface area contributed by atoms with Gasteiger partial charge in [-0.3, -0.25) is 0 Å². The van der Waals surface area contributed by atoms with E-state index >= 15 is 0 Å². The van der Waals surface area contributed by atoms with E-state index in [0.717, 1.165) is 24.7 Å². The van der Waals surface area contributed by atoms with Crippen molar-refractivity contribution in [1.82, 2.24) is 14.9 Å². The average molecular weight is 384 g/mol. The van der Waals surface area contributed by atoms with E-state index in [4.69, 9.17) is 0 Å². The second-order valence-corrected chi connectivity index (χ2v) is 7.19. The molecule has 2 saturated heterocycles. The first-order valence-corrected chi connectivity index (χ1v) is 9.82. The molecule has 2 fully saturated rings. The van der Waals surface area contributed by atoms with Gasteiger partial charge in [0.25, 0.3) is 0 Å². The van der Waals surface area contributed by atoms with E-state index < -0.39 is 0 Å². The van der Waals surface area contributed by atoms with Crippen molar-refractivity contribution in [2.45, 2.75) is 19.3 Å². The molecule has 8 heteroatoms. The van der Waals surface area contributed by atoms with Gasteiger partial charge in [-0.25, -0.2) is 19.2 Å². The molecule has 28 heavy (non-hydrogen) atoms. The number of benzene rings is 1. The maximum Gasteiger partial charge on any atom is 0.321 e. The highest BCUT2D eigenvalue weighted by Crippen LogP contribution is 2.22. The molecule has 0 bridgehead atoms. The molecule has 2 aliphatic heterocycles. The lowest BCUT2D eigenvalue weighted by molar-refractivity contribution is 0.208. The molecule has 0 unspecified atom stereocenters. The Morgan fingerprint density at radius 1 is 0.857 bits per heavy atom. The van der Waals surface area contributed by atoms with Crippen LogP contribution in [0.5, 0.6) is 0 Å². The van der Waals surface area contributed by atoms with Gasteiger partial charge in [0.2, 0.25) is 0 Å². The Labute approximate surface area is 164 Å². The standard InChI is InChI=1S/C20H25FN6O/c21-16-4-6-17(7-5-16)24-20(28)27-12-10-26(11-13-27)19-14-18(22-15-23-19)25-8-2-1-3-9-25/h4-7,14-15H,1-3,8-13H2,(H,24,28). The van der Waals surface area contributed by atoms with E-state index in [1.54, 1.807) is 23.4 Å². The molecule has 2 aliphatic rings. The van der Waals surface area contributed by atoms with Crippen molar-refractivity contribution in [2.75, 3.05) is 54.4 Å². The first-order chi connectivity index (χ1) is 13.7. The minimum Gasteiger partial charge on any atom is -0.356 e. The first-order valence-electron chi connectivity index (χ1n) is 9.82. The van der Waals surface area contributed by atoms with Crippen LogP contribution in [0.1, 0.15) is 19.3 Å². The number of piperidine rings is 1. The molecule has 0 aliphatic carbocycles. The minimum absolute atomic E-state index is 0.164. The van der Waals surface area contributed by atoms with Gasteiger partial charge in [0.05, 0.1) is 0 Å². The number of carbonyl (C=O) groups excluding carboxylic acids is 1. The summed E-state index contributed by atoms with van der Waals surface area (Å²) in [6.07, 6.45) is 5.34. The average Bonchev–Trinajstić information content (AvgIpc) is 2.76. The van der Waals surface area contributed by atoms with Crippen molar-refractivity contribution in [2.24, 2.45) is 0 Å². The number of halogens is 1. The summed E-state index contributed by atoms with van der Waals surface area (Å²) in [6, 6.07) is 7.69. The molecule has 0 spiro atoms. The Hall–Kier alpha value is -2.90. The van der Waals surface area contributed by atoms with Crippen LogP contribution in [0, 0.1) is 5.82 Å². The van der Waals surface area contributed by atoms with Crippen molar-refractivity contribution in [3.63, 3.8) is 0 Å². The van der Waals surface area contributed by atoms with Gasteiger partial charge in [-0.15, -0.1) is 0 Å². The maximum atomic E-state index is 13.0. The lowest BCUT2D eigenvalue weighted by Gasteiger charge is -2.36. The summed E-state index contributed by atoms with van der Waals surface area (Å²) >= 11 is 0. The van der Waals surface area contributed by atoms with Crippen LogP contribution in [-0.4, -0.2) is 60.2 Å². The molecule has 0 radical (unpaired) electrons. The zero-order valence-corrected chi connectivity index (χ0v) is 15.9. The fraction of sp³-hybridized carbons (Fsp3) is 0.450. The summed E-state index contributed by atoms with van der Waals surface area (Å²) < 4.78 is 13.0. The fourth-order valence-corrected chi connectivity index (χ4v) is 3.68. The van der Waals surface area contributed by atoms with Gasteiger partial charge in [0.15, 0.2) is 0 Å². The maximum absolute atomic E-state index is 13.0. The normalized spacial score (nSPS) is 17.5. The van der Waals surface area contributed by atoms with E-state index in [2.05, 4.69) is 31.2 Å². The van der Waals surface area contributed by atoms with Crippen LogP contribution in [0.3, 0.4) is 0 Å². The van der Waals surface area contributed by atoms with Crippen LogP contribution in [0.4, 0.5) is 26.5 Å². The topological polar surface area (TPSA) is 64.6 Å². The Kier molecular flexibility index (Phi) is 5.55. The molecule has 0 atom stereocenters. The van der Waals surface area contributed by atoms with Gasteiger partial charge in [-0.1, -0.05) is 0 Å². The van der Waals surface area contributed by atoms with Crippen molar-refractivity contribution < 1.29 is 9.18 Å². The summed E-state index contributed by atoms with van der Waals surface area (Å²) in [5.41, 5.74) is 0.593. The Morgan fingerprint density at radius 3 is 2.11 bits per heavy atom. The number of anilines is 3. The number of hydrogen-bond acceptors (Lipinski definition) is 5. The third kappa shape index (κ3) is 4.32. The number of amides is 2. The number of rotatable bonds is 3. The summed E-state index contributed by atoms with van der Waals surface area (Å²) in [7, 11) is 0. The Morgan fingerprint density at radius 2 is 1.46 bits per heavy atom. The van der Waals surface area contributed by atoms with Gasteiger partial charge in [0.1, 0.15) is 23.8 Å². The number of urea groups is 1. The quantitative estimate of drug-likeness (QED) is 0.881. The van der Waals surface area contributed by atoms with Crippen LogP contribution in [-0.2, 0) is 0 Å². The van der Waals surface area contributed by atoms with Gasteiger partial charge in [-0.05, 0) is 43.5 Å². The van der Waals surface area contributed by atoms with Gasteiger partial charge < -0.3 is 20.0 Å². The molecular weight excluding hydrogens is 359 g/mol. The van der Waals surface area contributed by atoms with Crippen molar-refractivity contribution >= 4 is 23.4 Å². The lowest BCUT2D eigenvalue weighted by Crippen LogP contribution is -2.50. The molecule has 0 saturated carbocycles. The SMILES string of the molecule is O=C(Nc1ccc(F)cc1)N1CCN(c2cc(N3CCCCC3)ncn2)CC1. The zero-order chi connectivity index (χ0) is 19.3. The van der Waals surface area contributed by atoms with E-state index in [9.17, 15) is 9.18 Å². The molecule has 3 heterocycles. The third-order valence-electron chi connectivity index (χ3n) is 5.30. The monoisotopic (exact) mass is 384 g/mol. The highest BCUT2D eigenvalue weighted by molar-refractivity contribution is 5.89. The largest absolute Gasteiger partial charge is 0.356 e. The summed E-state index contributed by atoms with van der Waals surface area (Å²) in [4.78, 5) is 27.6. The predicted octanol–water partition coefficient (Wildman–Crippen LogP) is 2.96. The molecule has 1 aromatic carbocycles. The smallest absolute Gasteiger partial charge is 0.321 e. The molecule has 2 amide bonds. The number of hydrogen-bond donors (Lipinski definition) is 1. The van der Waals surface area contributed by atoms with Crippen LogP contribution in [0.15, 0.2) is 36.7 Å². The van der Waals surface area contributed by atoms with E-state index in [-0.39, 0.29) is 11.8 Å². The number of carbonyl (C=O) groups is 1. The summed E-state index contributed by atoms with van der Waals surface area (Å²) in [5, 5.41) is 2.82. The van der Waals surface area contributed by atoms with Gasteiger partial charge in [-0.2, -0.15) is 0 Å². The number of aromatic nitrogens is 2. The second kappa shape index (κ2) is 8.41. The molecule has 1 N–H and O–H groups in total. The summed E-state index contributed by atoms with van der Waals surface area (Å²) in [6.45, 7) is 4.74. The molecule has 1 aromatic heterocycles. The predicted molar refractivity (Wildman–Crippen MR) is 107 cm³/mol.